The van der Waals surface area contributed by atoms with Crippen LogP contribution in [0.4, 0.5) is 0 Å². The molecule has 114 valence electrons. The summed E-state index contributed by atoms with van der Waals surface area (Å²) in [6.45, 7) is 0.162. The van der Waals surface area contributed by atoms with E-state index in [-0.39, 0.29) is 12.5 Å². The van der Waals surface area contributed by atoms with Gasteiger partial charge >= 0.3 is 0 Å². The Morgan fingerprint density at radius 3 is 3.05 bits per heavy atom. The maximum absolute atomic E-state index is 12.1. The van der Waals surface area contributed by atoms with Crippen molar-refractivity contribution < 1.29 is 9.90 Å². The molecule has 3 aromatic rings. The monoisotopic (exact) mass is 334 g/mol. The van der Waals surface area contributed by atoms with Crippen molar-refractivity contribution >= 4 is 28.6 Å². The number of aromatic nitrogens is 3. The fraction of sp³-hybridized carbons (Fsp3) is 0.214. The molecule has 22 heavy (non-hydrogen) atoms. The third-order valence-electron chi connectivity index (χ3n) is 3.07. The molecule has 0 fully saturated rings. The van der Waals surface area contributed by atoms with Gasteiger partial charge in [-0.3, -0.25) is 9.48 Å². The molecule has 0 spiro atoms. The first-order chi connectivity index (χ1) is 10.6. The number of nitrogens with one attached hydrogen (secondary N) is 1. The van der Waals surface area contributed by atoms with Gasteiger partial charge in [0.1, 0.15) is 10.7 Å². The molecule has 0 aliphatic heterocycles. The second-order valence-corrected chi connectivity index (χ2v) is 6.36. The van der Waals surface area contributed by atoms with E-state index < -0.39 is 6.10 Å². The molecule has 0 saturated carbocycles. The smallest absolute Gasteiger partial charge is 0.270 e. The van der Waals surface area contributed by atoms with Crippen molar-refractivity contribution in [1.29, 1.82) is 0 Å². The highest BCUT2D eigenvalue weighted by atomic mass is 32.1. The zero-order valence-electron chi connectivity index (χ0n) is 11.8. The summed E-state index contributed by atoms with van der Waals surface area (Å²) in [5.74, 6) is -0.291. The molecule has 3 rings (SSSR count). The Labute approximate surface area is 135 Å². The van der Waals surface area contributed by atoms with Gasteiger partial charge < -0.3 is 10.4 Å². The fourth-order valence-electron chi connectivity index (χ4n) is 1.90. The predicted molar refractivity (Wildman–Crippen MR) is 85.9 cm³/mol. The van der Waals surface area contributed by atoms with Crippen molar-refractivity contribution in [3.05, 3.63) is 45.9 Å². The van der Waals surface area contributed by atoms with Crippen LogP contribution in [0.25, 0.3) is 10.6 Å². The van der Waals surface area contributed by atoms with Crippen molar-refractivity contribution in [3.8, 4) is 10.6 Å². The van der Waals surface area contributed by atoms with Crippen LogP contribution in [0.5, 0.6) is 0 Å². The number of amides is 1. The number of thiazole rings is 1. The zero-order valence-corrected chi connectivity index (χ0v) is 13.4. The average molecular weight is 334 g/mol. The maximum atomic E-state index is 12.1. The summed E-state index contributed by atoms with van der Waals surface area (Å²) in [7, 11) is 1.83. The van der Waals surface area contributed by atoms with E-state index in [9.17, 15) is 9.90 Å². The van der Waals surface area contributed by atoms with E-state index >= 15 is 0 Å². The Balaban J connectivity index is 1.62. The molecular weight excluding hydrogens is 320 g/mol. The van der Waals surface area contributed by atoms with E-state index in [1.54, 1.807) is 16.3 Å². The summed E-state index contributed by atoms with van der Waals surface area (Å²) >= 11 is 2.90. The zero-order chi connectivity index (χ0) is 15.5. The van der Waals surface area contributed by atoms with Gasteiger partial charge in [0, 0.05) is 30.7 Å². The normalized spacial score (nSPS) is 12.3. The Hall–Kier alpha value is -2.03. The third-order valence-corrected chi connectivity index (χ3v) is 4.67. The Bertz CT molecular complexity index is 764. The molecule has 3 aromatic heterocycles. The van der Waals surface area contributed by atoms with Crippen LogP contribution in [0.2, 0.25) is 0 Å². The molecule has 0 aliphatic rings. The molecule has 0 radical (unpaired) electrons. The highest BCUT2D eigenvalue weighted by Crippen LogP contribution is 2.23. The number of thiophene rings is 1. The van der Waals surface area contributed by atoms with Crippen molar-refractivity contribution in [1.82, 2.24) is 20.1 Å². The summed E-state index contributed by atoms with van der Waals surface area (Å²) in [6.07, 6.45) is 2.86. The number of nitrogens with zero attached hydrogens (tertiary/aromatic N) is 3. The van der Waals surface area contributed by atoms with Gasteiger partial charge in [-0.05, 0) is 22.4 Å². The average Bonchev–Trinajstić information content (AvgIpc) is 3.23. The van der Waals surface area contributed by atoms with Gasteiger partial charge in [0.2, 0.25) is 0 Å². The van der Waals surface area contributed by atoms with E-state index in [4.69, 9.17) is 0 Å². The number of aliphatic hydroxyl groups is 1. The Kier molecular flexibility index (Phi) is 4.32. The molecule has 6 nitrogen and oxygen atoms in total. The van der Waals surface area contributed by atoms with Crippen LogP contribution >= 0.6 is 22.7 Å². The summed E-state index contributed by atoms with van der Waals surface area (Å²) in [4.78, 5) is 16.4. The first-order valence-corrected chi connectivity index (χ1v) is 8.38. The van der Waals surface area contributed by atoms with E-state index in [1.165, 1.54) is 22.7 Å². The van der Waals surface area contributed by atoms with E-state index in [2.05, 4.69) is 15.4 Å². The minimum atomic E-state index is -0.702. The van der Waals surface area contributed by atoms with Crippen molar-refractivity contribution in [2.75, 3.05) is 6.54 Å². The molecule has 1 atom stereocenters. The topological polar surface area (TPSA) is 80.0 Å². The van der Waals surface area contributed by atoms with Gasteiger partial charge in [0.15, 0.2) is 0 Å². The van der Waals surface area contributed by atoms with Crippen LogP contribution in [-0.4, -0.2) is 32.3 Å². The summed E-state index contributed by atoms with van der Waals surface area (Å²) < 4.78 is 1.69. The number of rotatable bonds is 5. The fourth-order valence-corrected chi connectivity index (χ4v) is 3.39. The van der Waals surface area contributed by atoms with E-state index in [1.807, 2.05) is 30.1 Å². The Morgan fingerprint density at radius 2 is 2.36 bits per heavy atom. The molecule has 0 saturated heterocycles. The second-order valence-electron chi connectivity index (χ2n) is 4.72. The molecule has 0 bridgehead atoms. The summed E-state index contributed by atoms with van der Waals surface area (Å²) in [5.41, 5.74) is 2.03. The summed E-state index contributed by atoms with van der Waals surface area (Å²) in [5, 5.41) is 22.9. The molecule has 0 aliphatic carbocycles. The minimum absolute atomic E-state index is 0.162. The summed E-state index contributed by atoms with van der Waals surface area (Å²) in [6, 6.07) is 1.84. The van der Waals surface area contributed by atoms with Crippen LogP contribution in [0.3, 0.4) is 0 Å². The third kappa shape index (κ3) is 3.24. The number of hydrogen-bond donors (Lipinski definition) is 2. The number of aryl methyl sites for hydroxylation is 1. The second kappa shape index (κ2) is 6.39. The first kappa shape index (κ1) is 14.9. The van der Waals surface area contributed by atoms with Crippen LogP contribution in [-0.2, 0) is 7.05 Å². The molecule has 1 unspecified atom stereocenters. The van der Waals surface area contributed by atoms with Crippen LogP contribution in [0, 0.1) is 0 Å². The quantitative estimate of drug-likeness (QED) is 0.748. The SMILES string of the molecule is Cn1cc(-c2nc(C(=O)NCC(O)c3ccsc3)cs2)cn1. The van der Waals surface area contributed by atoms with Crippen LogP contribution in [0.15, 0.2) is 34.6 Å². The van der Waals surface area contributed by atoms with Gasteiger partial charge in [-0.25, -0.2) is 4.98 Å². The highest BCUT2D eigenvalue weighted by Gasteiger charge is 2.15. The molecule has 1 amide bonds. The molecule has 8 heteroatoms. The number of hydrogen-bond acceptors (Lipinski definition) is 6. The molecule has 3 heterocycles. The molecular formula is C14H14N4O2S2. The van der Waals surface area contributed by atoms with Crippen molar-refractivity contribution in [3.63, 3.8) is 0 Å². The van der Waals surface area contributed by atoms with Gasteiger partial charge in [-0.15, -0.1) is 11.3 Å². The molecule has 2 N–H and O–H groups in total. The van der Waals surface area contributed by atoms with Gasteiger partial charge in [-0.1, -0.05) is 0 Å². The van der Waals surface area contributed by atoms with Crippen molar-refractivity contribution in [2.45, 2.75) is 6.10 Å². The van der Waals surface area contributed by atoms with Gasteiger partial charge in [-0.2, -0.15) is 16.4 Å². The lowest BCUT2D eigenvalue weighted by Gasteiger charge is -2.09. The lowest BCUT2D eigenvalue weighted by molar-refractivity contribution is 0.0912. The van der Waals surface area contributed by atoms with Gasteiger partial charge in [0.25, 0.3) is 5.91 Å². The highest BCUT2D eigenvalue weighted by molar-refractivity contribution is 7.13. The predicted octanol–water partition coefficient (Wildman–Crippen LogP) is 2.07. The standard InChI is InChI=1S/C14H14N4O2S2/c1-18-6-10(4-16-18)14-17-11(8-22-14)13(20)15-5-12(19)9-2-3-21-7-9/h2-4,6-8,12,19H,5H2,1H3,(H,15,20). The first-order valence-electron chi connectivity index (χ1n) is 6.56. The number of carbonyl (C=O) groups excluding carboxylic acids is 1. The van der Waals surface area contributed by atoms with Crippen LogP contribution < -0.4 is 5.32 Å². The van der Waals surface area contributed by atoms with Gasteiger partial charge in [0.05, 0.1) is 12.3 Å². The lowest BCUT2D eigenvalue weighted by atomic mass is 10.2. The van der Waals surface area contributed by atoms with Crippen LogP contribution in [0.1, 0.15) is 22.2 Å². The number of aliphatic hydroxyl groups excluding tert-OH is 1. The van der Waals surface area contributed by atoms with E-state index in [0.29, 0.717) is 5.69 Å². The minimum Gasteiger partial charge on any atom is -0.387 e. The maximum Gasteiger partial charge on any atom is 0.270 e. The molecule has 0 aromatic carbocycles. The lowest BCUT2D eigenvalue weighted by Crippen LogP contribution is -2.28. The van der Waals surface area contributed by atoms with Crippen molar-refractivity contribution in [2.24, 2.45) is 7.05 Å². The number of carbonyl (C=O) groups is 1. The van der Waals surface area contributed by atoms with E-state index in [0.717, 1.165) is 16.1 Å². The Morgan fingerprint density at radius 1 is 1.50 bits per heavy atom. The largest absolute Gasteiger partial charge is 0.387 e.